The molecular weight excluding hydrogens is 246 g/mol. The highest BCUT2D eigenvalue weighted by Crippen LogP contribution is 2.36. The van der Waals surface area contributed by atoms with Crippen molar-refractivity contribution in [2.45, 2.75) is 45.1 Å². The van der Waals surface area contributed by atoms with Crippen molar-refractivity contribution in [1.29, 1.82) is 0 Å². The third-order valence-corrected chi connectivity index (χ3v) is 4.35. The summed E-state index contributed by atoms with van der Waals surface area (Å²) in [6.45, 7) is 3.91. The van der Waals surface area contributed by atoms with E-state index in [1.54, 1.807) is 0 Å². The minimum absolute atomic E-state index is 0.125. The molecule has 0 aliphatic heterocycles. The van der Waals surface area contributed by atoms with Gasteiger partial charge in [0.25, 0.3) is 0 Å². The normalized spacial score (nSPS) is 16.8. The van der Waals surface area contributed by atoms with Crippen molar-refractivity contribution in [2.75, 3.05) is 0 Å². The quantitative estimate of drug-likeness (QED) is 0.927. The summed E-state index contributed by atoms with van der Waals surface area (Å²) >= 11 is 0. The number of nitrogens with two attached hydrogens (primary N) is 1. The molecule has 1 heterocycles. The minimum atomic E-state index is -0.125. The van der Waals surface area contributed by atoms with Gasteiger partial charge in [-0.2, -0.15) is 10.2 Å². The fourth-order valence-corrected chi connectivity index (χ4v) is 2.78. The fraction of sp³-hybridized carbons (Fsp3) is 0.412. The van der Waals surface area contributed by atoms with Gasteiger partial charge in [0.05, 0.1) is 17.4 Å². The molecule has 0 spiro atoms. The first-order valence-electron chi connectivity index (χ1n) is 7.31. The molecule has 1 fully saturated rings. The van der Waals surface area contributed by atoms with Crippen molar-refractivity contribution in [2.24, 2.45) is 5.73 Å². The summed E-state index contributed by atoms with van der Waals surface area (Å²) in [7, 11) is 0. The van der Waals surface area contributed by atoms with E-state index in [2.05, 4.69) is 34.5 Å². The van der Waals surface area contributed by atoms with Gasteiger partial charge in [0.1, 0.15) is 0 Å². The predicted octanol–water partition coefficient (Wildman–Crippen LogP) is 3.41. The highest BCUT2D eigenvalue weighted by molar-refractivity contribution is 5.36. The average Bonchev–Trinajstić information content (AvgIpc) is 2.40. The van der Waals surface area contributed by atoms with Crippen LogP contribution in [0.3, 0.4) is 0 Å². The molecule has 1 aliphatic carbocycles. The maximum absolute atomic E-state index is 6.39. The Morgan fingerprint density at radius 2 is 1.80 bits per heavy atom. The Morgan fingerprint density at radius 1 is 1.10 bits per heavy atom. The van der Waals surface area contributed by atoms with Crippen LogP contribution in [0.5, 0.6) is 0 Å². The maximum Gasteiger partial charge on any atom is 0.0651 e. The van der Waals surface area contributed by atoms with E-state index < -0.39 is 0 Å². The number of aryl methyl sites for hydroxylation is 2. The SMILES string of the molecule is Cc1cc(C(N)c2ccc(C3CCC3)cc2)c(C)nn1. The number of rotatable bonds is 3. The topological polar surface area (TPSA) is 51.8 Å². The van der Waals surface area contributed by atoms with Crippen LogP contribution in [-0.4, -0.2) is 10.2 Å². The Hall–Kier alpha value is -1.74. The molecule has 1 unspecified atom stereocenters. The van der Waals surface area contributed by atoms with E-state index in [-0.39, 0.29) is 6.04 Å². The Labute approximate surface area is 120 Å². The van der Waals surface area contributed by atoms with E-state index in [4.69, 9.17) is 5.73 Å². The predicted molar refractivity (Wildman–Crippen MR) is 80.6 cm³/mol. The summed E-state index contributed by atoms with van der Waals surface area (Å²) in [5.41, 5.74) is 11.9. The summed E-state index contributed by atoms with van der Waals surface area (Å²) in [5.74, 6) is 0.770. The van der Waals surface area contributed by atoms with Gasteiger partial charge in [-0.25, -0.2) is 0 Å². The van der Waals surface area contributed by atoms with Crippen LogP contribution in [0, 0.1) is 13.8 Å². The van der Waals surface area contributed by atoms with E-state index in [0.29, 0.717) is 0 Å². The van der Waals surface area contributed by atoms with Crippen LogP contribution in [0.25, 0.3) is 0 Å². The van der Waals surface area contributed by atoms with E-state index >= 15 is 0 Å². The van der Waals surface area contributed by atoms with E-state index in [0.717, 1.165) is 28.4 Å². The lowest BCUT2D eigenvalue weighted by molar-refractivity contribution is 0.419. The lowest BCUT2D eigenvalue weighted by Gasteiger charge is -2.26. The average molecular weight is 267 g/mol. The van der Waals surface area contributed by atoms with Gasteiger partial charge in [-0.15, -0.1) is 0 Å². The Bertz CT molecular complexity index is 600. The number of nitrogens with zero attached hydrogens (tertiary/aromatic N) is 2. The Kier molecular flexibility index (Phi) is 3.53. The zero-order valence-electron chi connectivity index (χ0n) is 12.1. The molecule has 20 heavy (non-hydrogen) atoms. The lowest BCUT2D eigenvalue weighted by atomic mass is 9.79. The van der Waals surface area contributed by atoms with E-state index in [1.807, 2.05) is 19.9 Å². The first kappa shape index (κ1) is 13.3. The molecule has 1 aromatic carbocycles. The van der Waals surface area contributed by atoms with Gasteiger partial charge in [-0.1, -0.05) is 30.7 Å². The molecule has 1 atom stereocenters. The molecule has 104 valence electrons. The molecule has 3 heteroatoms. The summed E-state index contributed by atoms with van der Waals surface area (Å²) < 4.78 is 0. The molecular formula is C17H21N3. The zero-order chi connectivity index (χ0) is 14.1. The van der Waals surface area contributed by atoms with Crippen LogP contribution < -0.4 is 5.73 Å². The molecule has 1 aliphatic rings. The number of hydrogen-bond donors (Lipinski definition) is 1. The molecule has 0 radical (unpaired) electrons. The largest absolute Gasteiger partial charge is 0.320 e. The standard InChI is InChI=1S/C17H21N3/c1-11-10-16(12(2)20-19-11)17(18)15-8-6-14(7-9-15)13-4-3-5-13/h6-10,13,17H,3-5,18H2,1-2H3. The maximum atomic E-state index is 6.39. The minimum Gasteiger partial charge on any atom is -0.320 e. The smallest absolute Gasteiger partial charge is 0.0651 e. The molecule has 3 nitrogen and oxygen atoms in total. The third-order valence-electron chi connectivity index (χ3n) is 4.35. The van der Waals surface area contributed by atoms with Gasteiger partial charge in [-0.05, 0) is 55.4 Å². The van der Waals surface area contributed by atoms with E-state index in [9.17, 15) is 0 Å². The number of aromatic nitrogens is 2. The van der Waals surface area contributed by atoms with E-state index in [1.165, 1.54) is 24.8 Å². The second kappa shape index (κ2) is 5.33. The molecule has 1 aromatic heterocycles. The van der Waals surface area contributed by atoms with Gasteiger partial charge in [0, 0.05) is 0 Å². The van der Waals surface area contributed by atoms with Crippen LogP contribution in [0.4, 0.5) is 0 Å². The summed E-state index contributed by atoms with van der Waals surface area (Å²) in [6, 6.07) is 10.7. The van der Waals surface area contributed by atoms with Crippen molar-refractivity contribution >= 4 is 0 Å². The van der Waals surface area contributed by atoms with Crippen LogP contribution >= 0.6 is 0 Å². The molecule has 2 N–H and O–H groups in total. The van der Waals surface area contributed by atoms with Crippen molar-refractivity contribution < 1.29 is 0 Å². The van der Waals surface area contributed by atoms with Gasteiger partial charge in [-0.3, -0.25) is 0 Å². The molecule has 3 rings (SSSR count). The van der Waals surface area contributed by atoms with Gasteiger partial charge in [0.15, 0.2) is 0 Å². The van der Waals surface area contributed by atoms with Gasteiger partial charge >= 0.3 is 0 Å². The second-order valence-corrected chi connectivity index (χ2v) is 5.80. The highest BCUT2D eigenvalue weighted by atomic mass is 15.1. The van der Waals surface area contributed by atoms with Crippen molar-refractivity contribution in [3.8, 4) is 0 Å². The molecule has 0 amide bonds. The van der Waals surface area contributed by atoms with Crippen molar-refractivity contribution in [1.82, 2.24) is 10.2 Å². The lowest BCUT2D eigenvalue weighted by Crippen LogP contribution is -2.15. The Balaban J connectivity index is 1.85. The molecule has 1 saturated carbocycles. The zero-order valence-corrected chi connectivity index (χ0v) is 12.1. The van der Waals surface area contributed by atoms with Crippen molar-refractivity contribution in [3.63, 3.8) is 0 Å². The molecule has 0 bridgehead atoms. The third kappa shape index (κ3) is 2.46. The number of hydrogen-bond acceptors (Lipinski definition) is 3. The van der Waals surface area contributed by atoms with Gasteiger partial charge in [0.2, 0.25) is 0 Å². The first-order chi connectivity index (χ1) is 9.65. The number of benzene rings is 1. The summed E-state index contributed by atoms with van der Waals surface area (Å²) in [6.07, 6.45) is 4.03. The first-order valence-corrected chi connectivity index (χ1v) is 7.31. The van der Waals surface area contributed by atoms with Crippen LogP contribution in [-0.2, 0) is 0 Å². The van der Waals surface area contributed by atoms with Crippen LogP contribution in [0.2, 0.25) is 0 Å². The second-order valence-electron chi connectivity index (χ2n) is 5.80. The van der Waals surface area contributed by atoms with Gasteiger partial charge < -0.3 is 5.73 Å². The highest BCUT2D eigenvalue weighted by Gasteiger charge is 2.20. The van der Waals surface area contributed by atoms with Crippen LogP contribution in [0.15, 0.2) is 30.3 Å². The molecule has 0 saturated heterocycles. The van der Waals surface area contributed by atoms with Crippen molar-refractivity contribution in [3.05, 3.63) is 58.4 Å². The summed E-state index contributed by atoms with van der Waals surface area (Å²) in [4.78, 5) is 0. The molecule has 2 aromatic rings. The fourth-order valence-electron chi connectivity index (χ4n) is 2.78. The Morgan fingerprint density at radius 3 is 2.40 bits per heavy atom. The summed E-state index contributed by atoms with van der Waals surface area (Å²) in [5, 5.41) is 8.23. The monoisotopic (exact) mass is 267 g/mol. The van der Waals surface area contributed by atoms with Crippen LogP contribution in [0.1, 0.15) is 59.3 Å².